The molecule has 0 unspecified atom stereocenters. The Morgan fingerprint density at radius 2 is 2.25 bits per heavy atom. The molecule has 0 aliphatic heterocycles. The fraction of sp³-hybridized carbons (Fsp3) is 0.333. The summed E-state index contributed by atoms with van der Waals surface area (Å²) in [5, 5.41) is 13.8. The van der Waals surface area contributed by atoms with Crippen molar-refractivity contribution in [2.24, 2.45) is 0 Å². The lowest BCUT2D eigenvalue weighted by Gasteiger charge is -2.01. The smallest absolute Gasteiger partial charge is 0.272 e. The van der Waals surface area contributed by atoms with E-state index in [1.165, 1.54) is 6.07 Å². The summed E-state index contributed by atoms with van der Waals surface area (Å²) in [5.41, 5.74) is 1.80. The summed E-state index contributed by atoms with van der Waals surface area (Å²) in [6, 6.07) is 5.13. The van der Waals surface area contributed by atoms with E-state index in [4.69, 9.17) is 0 Å². The Morgan fingerprint density at radius 3 is 2.88 bits per heavy atom. The van der Waals surface area contributed by atoms with Crippen LogP contribution >= 0.6 is 0 Å². The highest BCUT2D eigenvalue weighted by Gasteiger charge is 2.10. The number of hydrogen-bond acceptors (Lipinski definition) is 3. The number of nitro groups is 1. The molecule has 0 saturated carbocycles. The van der Waals surface area contributed by atoms with Crippen LogP contribution in [0.15, 0.2) is 24.3 Å². The average molecular weight is 220 g/mol. The molecule has 1 rings (SSSR count). The third kappa shape index (κ3) is 3.17. The lowest BCUT2D eigenvalue weighted by atomic mass is 10.1. The molecule has 0 amide bonds. The molecule has 16 heavy (non-hydrogen) atoms. The van der Waals surface area contributed by atoms with Gasteiger partial charge in [0, 0.05) is 11.6 Å². The van der Waals surface area contributed by atoms with Crippen LogP contribution in [0.1, 0.15) is 17.5 Å². The standard InChI is InChI=1S/C12H16N2O2/c1-10-11(6-3-4-9-13-2)7-5-8-12(10)14(15)16/h3,5-8,13H,4,9H2,1-2H3. The van der Waals surface area contributed by atoms with Gasteiger partial charge in [0.15, 0.2) is 0 Å². The highest BCUT2D eigenvalue weighted by atomic mass is 16.6. The van der Waals surface area contributed by atoms with Gasteiger partial charge in [0.25, 0.3) is 5.69 Å². The number of benzene rings is 1. The van der Waals surface area contributed by atoms with Crippen molar-refractivity contribution in [2.45, 2.75) is 13.3 Å². The van der Waals surface area contributed by atoms with Gasteiger partial charge in [-0.1, -0.05) is 24.3 Å². The number of nitrogens with zero attached hydrogens (tertiary/aromatic N) is 1. The molecule has 0 saturated heterocycles. The predicted octanol–water partition coefficient (Wildman–Crippen LogP) is 2.53. The van der Waals surface area contributed by atoms with E-state index < -0.39 is 0 Å². The molecular weight excluding hydrogens is 204 g/mol. The second-order valence-corrected chi connectivity index (χ2v) is 3.54. The topological polar surface area (TPSA) is 55.2 Å². The van der Waals surface area contributed by atoms with E-state index >= 15 is 0 Å². The van der Waals surface area contributed by atoms with Crippen molar-refractivity contribution in [1.29, 1.82) is 0 Å². The molecule has 0 bridgehead atoms. The maximum Gasteiger partial charge on any atom is 0.272 e. The summed E-state index contributed by atoms with van der Waals surface area (Å²) in [7, 11) is 1.90. The molecule has 0 heterocycles. The summed E-state index contributed by atoms with van der Waals surface area (Å²) < 4.78 is 0. The first kappa shape index (κ1) is 12.4. The second kappa shape index (κ2) is 6.02. The first-order valence-corrected chi connectivity index (χ1v) is 5.22. The predicted molar refractivity (Wildman–Crippen MR) is 65.4 cm³/mol. The van der Waals surface area contributed by atoms with Gasteiger partial charge < -0.3 is 5.32 Å². The molecule has 0 spiro atoms. The van der Waals surface area contributed by atoms with Gasteiger partial charge in [-0.2, -0.15) is 0 Å². The van der Waals surface area contributed by atoms with Crippen LogP contribution in [0, 0.1) is 17.0 Å². The fourth-order valence-corrected chi connectivity index (χ4v) is 1.46. The summed E-state index contributed by atoms with van der Waals surface area (Å²) in [5.74, 6) is 0. The van der Waals surface area contributed by atoms with Gasteiger partial charge in [0.2, 0.25) is 0 Å². The Hall–Kier alpha value is -1.68. The lowest BCUT2D eigenvalue weighted by Crippen LogP contribution is -2.05. The van der Waals surface area contributed by atoms with Crippen LogP contribution in [0.3, 0.4) is 0 Å². The Labute approximate surface area is 95.1 Å². The molecular formula is C12H16N2O2. The Morgan fingerprint density at radius 1 is 1.50 bits per heavy atom. The van der Waals surface area contributed by atoms with Crippen LogP contribution in [0.25, 0.3) is 6.08 Å². The van der Waals surface area contributed by atoms with Crippen molar-refractivity contribution in [1.82, 2.24) is 5.32 Å². The molecule has 0 aromatic heterocycles. The van der Waals surface area contributed by atoms with Crippen LogP contribution in [-0.4, -0.2) is 18.5 Å². The molecule has 0 aliphatic carbocycles. The normalized spacial score (nSPS) is 10.9. The molecule has 0 radical (unpaired) electrons. The van der Waals surface area contributed by atoms with Crippen LogP contribution in [0.2, 0.25) is 0 Å². The van der Waals surface area contributed by atoms with Gasteiger partial charge in [-0.05, 0) is 32.5 Å². The van der Waals surface area contributed by atoms with E-state index in [1.54, 1.807) is 13.0 Å². The quantitative estimate of drug-likeness (QED) is 0.471. The summed E-state index contributed by atoms with van der Waals surface area (Å²) in [6.07, 6.45) is 4.86. The molecule has 4 nitrogen and oxygen atoms in total. The maximum absolute atomic E-state index is 10.7. The van der Waals surface area contributed by atoms with Crippen molar-refractivity contribution >= 4 is 11.8 Å². The van der Waals surface area contributed by atoms with Crippen LogP contribution in [-0.2, 0) is 0 Å². The molecule has 1 N–H and O–H groups in total. The van der Waals surface area contributed by atoms with Crippen LogP contribution in [0.4, 0.5) is 5.69 Å². The summed E-state index contributed by atoms with van der Waals surface area (Å²) >= 11 is 0. The monoisotopic (exact) mass is 220 g/mol. The minimum absolute atomic E-state index is 0.177. The average Bonchev–Trinajstić information content (AvgIpc) is 2.26. The molecule has 1 aromatic carbocycles. The zero-order chi connectivity index (χ0) is 12.0. The van der Waals surface area contributed by atoms with Crippen molar-refractivity contribution < 1.29 is 4.92 Å². The third-order valence-electron chi connectivity index (χ3n) is 2.40. The van der Waals surface area contributed by atoms with Gasteiger partial charge in [-0.3, -0.25) is 10.1 Å². The first-order valence-electron chi connectivity index (χ1n) is 5.22. The minimum atomic E-state index is -0.347. The minimum Gasteiger partial charge on any atom is -0.319 e. The van der Waals surface area contributed by atoms with E-state index in [9.17, 15) is 10.1 Å². The molecule has 0 aliphatic rings. The van der Waals surface area contributed by atoms with Gasteiger partial charge >= 0.3 is 0 Å². The molecule has 86 valence electrons. The van der Waals surface area contributed by atoms with Gasteiger partial charge in [0.1, 0.15) is 0 Å². The zero-order valence-electron chi connectivity index (χ0n) is 9.56. The SMILES string of the molecule is CNCCC=Cc1cccc([N+](=O)[O-])c1C. The van der Waals surface area contributed by atoms with Crippen molar-refractivity contribution in [3.05, 3.63) is 45.5 Å². The van der Waals surface area contributed by atoms with Crippen molar-refractivity contribution in [2.75, 3.05) is 13.6 Å². The second-order valence-electron chi connectivity index (χ2n) is 3.54. The van der Waals surface area contributed by atoms with Crippen LogP contribution in [0.5, 0.6) is 0 Å². The molecule has 0 atom stereocenters. The van der Waals surface area contributed by atoms with Gasteiger partial charge in [-0.15, -0.1) is 0 Å². The third-order valence-corrected chi connectivity index (χ3v) is 2.40. The zero-order valence-corrected chi connectivity index (χ0v) is 9.56. The summed E-state index contributed by atoms with van der Waals surface area (Å²) in [4.78, 5) is 10.4. The van der Waals surface area contributed by atoms with Gasteiger partial charge in [-0.25, -0.2) is 0 Å². The van der Waals surface area contributed by atoms with E-state index in [1.807, 2.05) is 25.3 Å². The highest BCUT2D eigenvalue weighted by molar-refractivity contribution is 5.59. The Bertz CT molecular complexity index is 400. The van der Waals surface area contributed by atoms with E-state index in [0.717, 1.165) is 18.5 Å². The molecule has 1 aromatic rings. The number of nitro benzene ring substituents is 1. The molecule has 4 heteroatoms. The van der Waals surface area contributed by atoms with Crippen molar-refractivity contribution in [3.63, 3.8) is 0 Å². The maximum atomic E-state index is 10.7. The lowest BCUT2D eigenvalue weighted by molar-refractivity contribution is -0.385. The van der Waals surface area contributed by atoms with Gasteiger partial charge in [0.05, 0.1) is 4.92 Å². The van der Waals surface area contributed by atoms with E-state index in [0.29, 0.717) is 5.56 Å². The fourth-order valence-electron chi connectivity index (χ4n) is 1.46. The van der Waals surface area contributed by atoms with E-state index in [-0.39, 0.29) is 10.6 Å². The number of rotatable bonds is 5. The molecule has 0 fully saturated rings. The summed E-state index contributed by atoms with van der Waals surface area (Å²) in [6.45, 7) is 2.68. The first-order chi connectivity index (χ1) is 7.66. The highest BCUT2D eigenvalue weighted by Crippen LogP contribution is 2.21. The van der Waals surface area contributed by atoms with Crippen LogP contribution < -0.4 is 5.32 Å². The largest absolute Gasteiger partial charge is 0.319 e. The Kier molecular flexibility index (Phi) is 4.66. The number of nitrogens with one attached hydrogen (secondary N) is 1. The number of hydrogen-bond donors (Lipinski definition) is 1. The van der Waals surface area contributed by atoms with Crippen molar-refractivity contribution in [3.8, 4) is 0 Å². The van der Waals surface area contributed by atoms with E-state index in [2.05, 4.69) is 5.32 Å². The Balaban J connectivity index is 2.85.